The van der Waals surface area contributed by atoms with Gasteiger partial charge in [0.25, 0.3) is 0 Å². The highest BCUT2D eigenvalue weighted by molar-refractivity contribution is 7.10. The average molecular weight is 475 g/mol. The van der Waals surface area contributed by atoms with Crippen LogP contribution in [0, 0.1) is 6.92 Å². The number of amides is 2. The van der Waals surface area contributed by atoms with E-state index in [0.717, 1.165) is 41.7 Å². The van der Waals surface area contributed by atoms with Gasteiger partial charge in [-0.3, -0.25) is 19.3 Å². The van der Waals surface area contributed by atoms with E-state index >= 15 is 0 Å². The molecule has 0 unspecified atom stereocenters. The van der Waals surface area contributed by atoms with Crippen LogP contribution in [0.15, 0.2) is 66.0 Å². The Morgan fingerprint density at radius 2 is 1.79 bits per heavy atom. The van der Waals surface area contributed by atoms with Crippen LogP contribution in [-0.4, -0.2) is 23.6 Å². The second-order valence-electron chi connectivity index (χ2n) is 8.88. The number of rotatable bonds is 8. The Balaban J connectivity index is 1.81. The molecule has 1 atom stereocenters. The Kier molecular flexibility index (Phi) is 7.58. The third kappa shape index (κ3) is 5.45. The van der Waals surface area contributed by atoms with Crippen LogP contribution in [0.3, 0.4) is 0 Å². The van der Waals surface area contributed by atoms with Crippen LogP contribution in [-0.2, 0) is 16.0 Å². The lowest BCUT2D eigenvalue weighted by molar-refractivity contribution is -0.127. The third-order valence-electron chi connectivity index (χ3n) is 6.40. The zero-order valence-corrected chi connectivity index (χ0v) is 20.4. The standard InChI is InChI=1S/C28H30N2O3S/c1-19-9-3-6-15-25(19)27(28(33)29-22-11-4-5-12-22)30(26(32)18-24-14-8-16-34-24)23-13-7-10-21(17-23)20(2)31/h3,6-10,13-17,22,27H,4-5,11-12,18H2,1-2H3,(H,29,33)/t27-/m1/s1. The molecule has 1 saturated carbocycles. The number of thiophene rings is 1. The predicted molar refractivity (Wildman–Crippen MR) is 136 cm³/mol. The molecule has 0 radical (unpaired) electrons. The fraction of sp³-hybridized carbons (Fsp3) is 0.321. The zero-order chi connectivity index (χ0) is 24.1. The van der Waals surface area contributed by atoms with E-state index in [1.54, 1.807) is 29.2 Å². The average Bonchev–Trinajstić information content (AvgIpc) is 3.52. The van der Waals surface area contributed by atoms with Crippen molar-refractivity contribution in [2.45, 2.75) is 58.0 Å². The largest absolute Gasteiger partial charge is 0.351 e. The van der Waals surface area contributed by atoms with Crippen LogP contribution in [0.4, 0.5) is 5.69 Å². The summed E-state index contributed by atoms with van der Waals surface area (Å²) < 4.78 is 0. The highest BCUT2D eigenvalue weighted by atomic mass is 32.1. The summed E-state index contributed by atoms with van der Waals surface area (Å²) in [5, 5.41) is 5.15. The fourth-order valence-electron chi connectivity index (χ4n) is 4.60. The molecule has 0 saturated heterocycles. The van der Waals surface area contributed by atoms with Crippen molar-refractivity contribution in [3.05, 3.63) is 87.6 Å². The lowest BCUT2D eigenvalue weighted by Gasteiger charge is -2.33. The minimum Gasteiger partial charge on any atom is -0.351 e. The van der Waals surface area contributed by atoms with E-state index in [1.165, 1.54) is 18.3 Å². The Labute approximate surface area is 204 Å². The van der Waals surface area contributed by atoms with Crippen molar-refractivity contribution < 1.29 is 14.4 Å². The molecule has 1 N–H and O–H groups in total. The lowest BCUT2D eigenvalue weighted by atomic mass is 9.97. The summed E-state index contributed by atoms with van der Waals surface area (Å²) in [6.45, 7) is 3.46. The van der Waals surface area contributed by atoms with Gasteiger partial charge in [0.05, 0.1) is 6.42 Å². The molecule has 1 aliphatic rings. The second-order valence-corrected chi connectivity index (χ2v) is 9.91. The summed E-state index contributed by atoms with van der Waals surface area (Å²) in [6.07, 6.45) is 4.29. The molecule has 6 heteroatoms. The number of nitrogens with zero attached hydrogens (tertiary/aromatic N) is 1. The van der Waals surface area contributed by atoms with Crippen LogP contribution >= 0.6 is 11.3 Å². The van der Waals surface area contributed by atoms with Crippen molar-refractivity contribution in [1.29, 1.82) is 0 Å². The summed E-state index contributed by atoms with van der Waals surface area (Å²) in [4.78, 5) is 42.3. The predicted octanol–water partition coefficient (Wildman–Crippen LogP) is 5.63. The number of ketones is 1. The molecular formula is C28H30N2O3S. The van der Waals surface area contributed by atoms with E-state index in [2.05, 4.69) is 5.32 Å². The van der Waals surface area contributed by atoms with Crippen molar-refractivity contribution in [2.24, 2.45) is 0 Å². The van der Waals surface area contributed by atoms with E-state index in [4.69, 9.17) is 0 Å². The molecule has 0 spiro atoms. The molecule has 0 bridgehead atoms. The van der Waals surface area contributed by atoms with Gasteiger partial charge in [0.15, 0.2) is 5.78 Å². The molecule has 176 valence electrons. The first-order valence-electron chi connectivity index (χ1n) is 11.8. The Morgan fingerprint density at radius 3 is 2.47 bits per heavy atom. The van der Waals surface area contributed by atoms with Crippen molar-refractivity contribution >= 4 is 34.6 Å². The molecule has 0 aliphatic heterocycles. The topological polar surface area (TPSA) is 66.5 Å². The van der Waals surface area contributed by atoms with Gasteiger partial charge >= 0.3 is 0 Å². The first kappa shape index (κ1) is 23.9. The highest BCUT2D eigenvalue weighted by Crippen LogP contribution is 2.32. The molecule has 3 aromatic rings. The highest BCUT2D eigenvalue weighted by Gasteiger charge is 2.35. The third-order valence-corrected chi connectivity index (χ3v) is 7.27. The number of nitrogens with one attached hydrogen (secondary N) is 1. The SMILES string of the molecule is CC(=O)c1cccc(N(C(=O)Cc2cccs2)[C@@H](C(=O)NC2CCCC2)c2ccccc2C)c1. The monoisotopic (exact) mass is 474 g/mol. The van der Waals surface area contributed by atoms with Crippen molar-refractivity contribution in [1.82, 2.24) is 5.32 Å². The Morgan fingerprint density at radius 1 is 1.03 bits per heavy atom. The van der Waals surface area contributed by atoms with Gasteiger partial charge in [0.2, 0.25) is 11.8 Å². The van der Waals surface area contributed by atoms with Gasteiger partial charge in [-0.1, -0.05) is 55.3 Å². The minimum atomic E-state index is -0.837. The smallest absolute Gasteiger partial charge is 0.248 e. The van der Waals surface area contributed by atoms with Crippen LogP contribution in [0.2, 0.25) is 0 Å². The number of Topliss-reactive ketones (excluding diaryl/α,β-unsaturated/α-hetero) is 1. The first-order valence-corrected chi connectivity index (χ1v) is 12.6. The summed E-state index contributed by atoms with van der Waals surface area (Å²) in [5.74, 6) is -0.456. The molecule has 1 fully saturated rings. The van der Waals surface area contributed by atoms with Crippen LogP contribution in [0.1, 0.15) is 65.0 Å². The van der Waals surface area contributed by atoms with Gasteiger partial charge in [0.1, 0.15) is 6.04 Å². The maximum Gasteiger partial charge on any atom is 0.248 e. The van der Waals surface area contributed by atoms with Gasteiger partial charge in [-0.2, -0.15) is 0 Å². The fourth-order valence-corrected chi connectivity index (χ4v) is 5.30. The Bertz CT molecular complexity index is 1170. The summed E-state index contributed by atoms with van der Waals surface area (Å²) in [7, 11) is 0. The molecular weight excluding hydrogens is 444 g/mol. The van der Waals surface area contributed by atoms with E-state index in [1.807, 2.05) is 48.7 Å². The number of carbonyl (C=O) groups excluding carboxylic acids is 3. The zero-order valence-electron chi connectivity index (χ0n) is 19.6. The number of hydrogen-bond donors (Lipinski definition) is 1. The van der Waals surface area contributed by atoms with Gasteiger partial charge in [-0.05, 0) is 61.4 Å². The van der Waals surface area contributed by atoms with Crippen LogP contribution in [0.25, 0.3) is 0 Å². The number of carbonyl (C=O) groups is 3. The first-order chi connectivity index (χ1) is 16.4. The molecule has 1 heterocycles. The van der Waals surface area contributed by atoms with Gasteiger partial charge in [0, 0.05) is 22.2 Å². The maximum absolute atomic E-state index is 13.8. The van der Waals surface area contributed by atoms with Crippen LogP contribution < -0.4 is 10.2 Å². The number of benzene rings is 2. The normalized spacial score (nSPS) is 14.5. The number of hydrogen-bond acceptors (Lipinski definition) is 4. The van der Waals surface area contributed by atoms with Gasteiger partial charge in [-0.25, -0.2) is 0 Å². The van der Waals surface area contributed by atoms with Crippen molar-refractivity contribution in [3.8, 4) is 0 Å². The summed E-state index contributed by atoms with van der Waals surface area (Å²) >= 11 is 1.51. The van der Waals surface area contributed by atoms with E-state index in [-0.39, 0.29) is 30.1 Å². The summed E-state index contributed by atoms with van der Waals surface area (Å²) in [6, 6.07) is 17.8. The van der Waals surface area contributed by atoms with Gasteiger partial charge < -0.3 is 5.32 Å². The molecule has 34 heavy (non-hydrogen) atoms. The molecule has 2 amide bonds. The number of anilines is 1. The second kappa shape index (κ2) is 10.8. The lowest BCUT2D eigenvalue weighted by Crippen LogP contribution is -2.47. The van der Waals surface area contributed by atoms with Crippen molar-refractivity contribution in [2.75, 3.05) is 4.90 Å². The molecule has 5 nitrogen and oxygen atoms in total. The maximum atomic E-state index is 13.8. The number of aryl methyl sites for hydroxylation is 1. The van der Waals surface area contributed by atoms with Crippen molar-refractivity contribution in [3.63, 3.8) is 0 Å². The quantitative estimate of drug-likeness (QED) is 0.430. The van der Waals surface area contributed by atoms with E-state index in [0.29, 0.717) is 11.3 Å². The molecule has 4 rings (SSSR count). The van der Waals surface area contributed by atoms with Crippen LogP contribution in [0.5, 0.6) is 0 Å². The van der Waals surface area contributed by atoms with E-state index < -0.39 is 6.04 Å². The van der Waals surface area contributed by atoms with E-state index in [9.17, 15) is 14.4 Å². The molecule has 2 aromatic carbocycles. The molecule has 1 aliphatic carbocycles. The Hall–Kier alpha value is -3.25. The van der Waals surface area contributed by atoms with Gasteiger partial charge in [-0.15, -0.1) is 11.3 Å². The molecule has 1 aromatic heterocycles. The minimum absolute atomic E-state index is 0.0876. The summed E-state index contributed by atoms with van der Waals surface area (Å²) in [5.41, 5.74) is 2.77.